The zero-order chi connectivity index (χ0) is 21.5. The van der Waals surface area contributed by atoms with Crippen LogP contribution in [0, 0.1) is 0 Å². The van der Waals surface area contributed by atoms with Crippen molar-refractivity contribution >= 4 is 56.5 Å². The maximum Gasteiger partial charge on any atom is 0.320 e. The number of halogens is 1. The van der Waals surface area contributed by atoms with Gasteiger partial charge in [0.25, 0.3) is 0 Å². The summed E-state index contributed by atoms with van der Waals surface area (Å²) < 4.78 is 35.2. The Hall–Kier alpha value is -2.88. The molecule has 0 spiro atoms. The summed E-state index contributed by atoms with van der Waals surface area (Å²) in [5.41, 5.74) is 7.66. The lowest BCUT2D eigenvalue weighted by molar-refractivity contribution is -0.455. The Labute approximate surface area is 173 Å². The quantitative estimate of drug-likeness (QED) is 0.416. The summed E-state index contributed by atoms with van der Waals surface area (Å²) in [4.78, 5) is 14.2. The fourth-order valence-electron chi connectivity index (χ4n) is 2.96. The SMILES string of the molecule is CC1=[NH+]N(c2c(Cl)ccc(N)c2S(=O)(=O)[O-])C(=O)/C1=C\c1ccc(N(C)C)cc1. The first kappa shape index (κ1) is 20.8. The molecule has 1 aliphatic rings. The molecule has 0 bridgehead atoms. The third kappa shape index (κ3) is 3.98. The average Bonchev–Trinajstić information content (AvgIpc) is 2.90. The highest BCUT2D eigenvalue weighted by Gasteiger charge is 2.39. The van der Waals surface area contributed by atoms with Crippen LogP contribution in [0.25, 0.3) is 6.08 Å². The van der Waals surface area contributed by atoms with Crippen LogP contribution in [-0.4, -0.2) is 38.7 Å². The molecule has 29 heavy (non-hydrogen) atoms. The van der Waals surface area contributed by atoms with E-state index < -0.39 is 20.9 Å². The molecule has 0 radical (unpaired) electrons. The van der Waals surface area contributed by atoms with Gasteiger partial charge >= 0.3 is 5.91 Å². The molecular formula is C19H19ClN4O4S. The number of rotatable bonds is 4. The van der Waals surface area contributed by atoms with E-state index >= 15 is 0 Å². The molecule has 0 atom stereocenters. The molecule has 0 aromatic heterocycles. The number of nitrogens with two attached hydrogens (primary N) is 1. The molecule has 8 nitrogen and oxygen atoms in total. The number of nitrogens with one attached hydrogen (secondary N) is 1. The molecule has 3 N–H and O–H groups in total. The molecule has 3 rings (SSSR count). The van der Waals surface area contributed by atoms with Gasteiger partial charge in [0.1, 0.15) is 26.3 Å². The number of anilines is 3. The summed E-state index contributed by atoms with van der Waals surface area (Å²) in [6, 6.07) is 10.1. The molecule has 10 heteroatoms. The van der Waals surface area contributed by atoms with Gasteiger partial charge in [-0.25, -0.2) is 8.42 Å². The van der Waals surface area contributed by atoms with Gasteiger partial charge in [-0.05, 0) is 35.9 Å². The maximum absolute atomic E-state index is 13.0. The van der Waals surface area contributed by atoms with Gasteiger partial charge in [0.15, 0.2) is 0 Å². The fraction of sp³-hybridized carbons (Fsp3) is 0.158. The molecule has 2 aromatic rings. The summed E-state index contributed by atoms with van der Waals surface area (Å²) in [5.74, 6) is -0.559. The number of hydrogen-bond acceptors (Lipinski definition) is 6. The van der Waals surface area contributed by atoms with Crippen LogP contribution in [0.3, 0.4) is 0 Å². The first-order chi connectivity index (χ1) is 13.5. The smallest absolute Gasteiger partial charge is 0.320 e. The average molecular weight is 435 g/mol. The largest absolute Gasteiger partial charge is 0.744 e. The van der Waals surface area contributed by atoms with E-state index in [1.54, 1.807) is 13.0 Å². The van der Waals surface area contributed by atoms with Gasteiger partial charge in [-0.15, -0.1) is 5.10 Å². The first-order valence-electron chi connectivity index (χ1n) is 8.48. The highest BCUT2D eigenvalue weighted by Crippen LogP contribution is 2.36. The Morgan fingerprint density at radius 1 is 1.17 bits per heavy atom. The summed E-state index contributed by atoms with van der Waals surface area (Å²) >= 11 is 6.13. The highest BCUT2D eigenvalue weighted by molar-refractivity contribution is 7.86. The zero-order valence-electron chi connectivity index (χ0n) is 15.9. The minimum atomic E-state index is -4.98. The number of carbonyl (C=O) groups is 1. The zero-order valence-corrected chi connectivity index (χ0v) is 17.5. The summed E-state index contributed by atoms with van der Waals surface area (Å²) in [6.45, 7) is 1.66. The predicted octanol–water partition coefficient (Wildman–Crippen LogP) is 0.779. The van der Waals surface area contributed by atoms with Crippen LogP contribution in [0.4, 0.5) is 17.1 Å². The van der Waals surface area contributed by atoms with Crippen molar-refractivity contribution in [2.24, 2.45) is 0 Å². The van der Waals surface area contributed by atoms with E-state index in [-0.39, 0.29) is 16.4 Å². The second-order valence-electron chi connectivity index (χ2n) is 6.69. The van der Waals surface area contributed by atoms with Gasteiger partial charge in [0, 0.05) is 26.7 Å². The van der Waals surface area contributed by atoms with E-state index in [4.69, 9.17) is 17.3 Å². The van der Waals surface area contributed by atoms with Crippen molar-refractivity contribution in [1.29, 1.82) is 0 Å². The molecule has 2 aromatic carbocycles. The number of carbonyl (C=O) groups excluding carboxylic acids is 1. The minimum absolute atomic E-state index is 0.0983. The Morgan fingerprint density at radius 2 is 1.79 bits per heavy atom. The second-order valence-corrected chi connectivity index (χ2v) is 8.41. The number of benzene rings is 2. The number of hydrazine groups is 1. The van der Waals surface area contributed by atoms with Crippen LogP contribution in [0.2, 0.25) is 5.02 Å². The van der Waals surface area contributed by atoms with Crippen LogP contribution in [-0.2, 0) is 14.9 Å². The van der Waals surface area contributed by atoms with E-state index in [2.05, 4.69) is 5.10 Å². The van der Waals surface area contributed by atoms with E-state index in [0.29, 0.717) is 11.3 Å². The van der Waals surface area contributed by atoms with Gasteiger partial charge in [-0.3, -0.25) is 4.79 Å². The predicted molar refractivity (Wildman–Crippen MR) is 112 cm³/mol. The molecule has 0 fully saturated rings. The number of hydrogen-bond donors (Lipinski definition) is 2. The molecule has 0 saturated carbocycles. The van der Waals surface area contributed by atoms with Gasteiger partial charge in [0.05, 0.1) is 10.7 Å². The van der Waals surface area contributed by atoms with Crippen LogP contribution < -0.4 is 20.7 Å². The number of amides is 1. The van der Waals surface area contributed by atoms with Gasteiger partial charge in [-0.1, -0.05) is 28.7 Å². The van der Waals surface area contributed by atoms with Crippen molar-refractivity contribution in [3.63, 3.8) is 0 Å². The van der Waals surface area contributed by atoms with Gasteiger partial charge in [0.2, 0.25) is 5.71 Å². The number of nitrogen functional groups attached to an aromatic ring is 1. The van der Waals surface area contributed by atoms with Crippen molar-refractivity contribution < 1.29 is 22.9 Å². The molecular weight excluding hydrogens is 416 g/mol. The van der Waals surface area contributed by atoms with Crippen LogP contribution in [0.15, 0.2) is 46.9 Å². The van der Waals surface area contributed by atoms with Gasteiger partial charge < -0.3 is 15.2 Å². The normalized spacial score (nSPS) is 15.8. The Bertz CT molecular complexity index is 1160. The summed E-state index contributed by atoms with van der Waals surface area (Å²) in [7, 11) is -1.14. The molecule has 1 aliphatic heterocycles. The van der Waals surface area contributed by atoms with E-state index in [1.807, 2.05) is 43.3 Å². The Morgan fingerprint density at radius 3 is 2.34 bits per heavy atom. The molecule has 0 saturated heterocycles. The minimum Gasteiger partial charge on any atom is -0.744 e. The van der Waals surface area contributed by atoms with Gasteiger partial charge in [-0.2, -0.15) is 0 Å². The van der Waals surface area contributed by atoms with E-state index in [0.717, 1.165) is 16.3 Å². The van der Waals surface area contributed by atoms with E-state index in [9.17, 15) is 17.8 Å². The summed E-state index contributed by atoms with van der Waals surface area (Å²) in [5, 5.41) is 3.61. The topological polar surface area (TPSA) is 121 Å². The monoisotopic (exact) mass is 434 g/mol. The standard InChI is InChI=1S/C19H19ClN4O4S/c1-11-14(10-12-4-6-13(7-5-12)23(2)3)19(25)24(22-11)17-15(20)8-9-16(21)18(17)29(26,27)28/h4-10H,21H2,1-3H3,(H,26,27,28)/b14-10-. The highest BCUT2D eigenvalue weighted by atomic mass is 35.5. The number of nitrogens with zero attached hydrogens (tertiary/aromatic N) is 2. The van der Waals surface area contributed by atoms with E-state index in [1.165, 1.54) is 12.1 Å². The first-order valence-corrected chi connectivity index (χ1v) is 10.3. The number of hydrazone groups is 1. The lowest BCUT2D eigenvalue weighted by Crippen LogP contribution is -2.81. The Kier molecular flexibility index (Phi) is 5.40. The van der Waals surface area contributed by atoms with Crippen molar-refractivity contribution in [3.8, 4) is 0 Å². The van der Waals surface area contributed by atoms with Crippen LogP contribution >= 0.6 is 11.6 Å². The van der Waals surface area contributed by atoms with Crippen molar-refractivity contribution in [2.75, 3.05) is 29.7 Å². The third-order valence-corrected chi connectivity index (χ3v) is 5.66. The van der Waals surface area contributed by atoms with Crippen LogP contribution in [0.5, 0.6) is 0 Å². The fourth-order valence-corrected chi connectivity index (χ4v) is 4.05. The molecule has 0 unspecified atom stereocenters. The van der Waals surface area contributed by atoms with Crippen LogP contribution in [0.1, 0.15) is 12.5 Å². The molecule has 1 amide bonds. The van der Waals surface area contributed by atoms with Crippen molar-refractivity contribution in [2.45, 2.75) is 11.8 Å². The molecule has 1 heterocycles. The summed E-state index contributed by atoms with van der Waals surface area (Å²) in [6.07, 6.45) is 1.66. The van der Waals surface area contributed by atoms with Crippen molar-refractivity contribution in [3.05, 3.63) is 52.6 Å². The molecule has 0 aliphatic carbocycles. The lowest BCUT2D eigenvalue weighted by atomic mass is 10.1. The van der Waals surface area contributed by atoms with Crippen molar-refractivity contribution in [1.82, 2.24) is 0 Å². The second kappa shape index (κ2) is 7.51. The third-order valence-electron chi connectivity index (χ3n) is 4.42. The lowest BCUT2D eigenvalue weighted by Gasteiger charge is -2.18. The Balaban J connectivity index is 2.07. The molecule has 152 valence electrons. The maximum atomic E-state index is 13.0.